The fraction of sp³-hybridized carbons (Fsp3) is 0.875. The average molecular weight is 199 g/mol. The van der Waals surface area contributed by atoms with Crippen LogP contribution in [0.15, 0.2) is 0 Å². The van der Waals surface area contributed by atoms with Crippen LogP contribution in [0.2, 0.25) is 0 Å². The third-order valence-corrected chi connectivity index (χ3v) is 1.75. The molecule has 0 aliphatic rings. The SMILES string of the molecule is CCCCC(CC)C(=O)O.[Mn]. The van der Waals surface area contributed by atoms with Crippen molar-refractivity contribution in [3.63, 3.8) is 0 Å². The summed E-state index contributed by atoms with van der Waals surface area (Å²) in [4.78, 5) is 10.4. The third-order valence-electron chi connectivity index (χ3n) is 1.75. The molecular formula is C8H16MnO2. The van der Waals surface area contributed by atoms with E-state index in [2.05, 4.69) is 6.92 Å². The van der Waals surface area contributed by atoms with E-state index < -0.39 is 5.97 Å². The van der Waals surface area contributed by atoms with Crippen molar-refractivity contribution in [1.29, 1.82) is 0 Å². The molecular weight excluding hydrogens is 183 g/mol. The first kappa shape index (κ1) is 13.6. The normalized spacial score (nSPS) is 11.8. The number of carbonyl (C=O) groups is 1. The largest absolute Gasteiger partial charge is 0.481 e. The van der Waals surface area contributed by atoms with Crippen LogP contribution in [-0.2, 0) is 21.9 Å². The zero-order valence-corrected chi connectivity index (χ0v) is 8.32. The van der Waals surface area contributed by atoms with E-state index >= 15 is 0 Å². The van der Waals surface area contributed by atoms with Crippen LogP contribution in [0.4, 0.5) is 0 Å². The maximum Gasteiger partial charge on any atom is 0.306 e. The van der Waals surface area contributed by atoms with Crippen molar-refractivity contribution in [1.82, 2.24) is 0 Å². The van der Waals surface area contributed by atoms with Crippen molar-refractivity contribution in [2.75, 3.05) is 0 Å². The van der Waals surface area contributed by atoms with Crippen molar-refractivity contribution >= 4 is 5.97 Å². The number of hydrogen-bond donors (Lipinski definition) is 1. The maximum atomic E-state index is 10.4. The van der Waals surface area contributed by atoms with Crippen LogP contribution >= 0.6 is 0 Å². The van der Waals surface area contributed by atoms with Gasteiger partial charge in [0.15, 0.2) is 0 Å². The minimum Gasteiger partial charge on any atom is -0.481 e. The van der Waals surface area contributed by atoms with Gasteiger partial charge in [0.05, 0.1) is 5.92 Å². The fourth-order valence-electron chi connectivity index (χ4n) is 0.953. The van der Waals surface area contributed by atoms with Gasteiger partial charge in [0.2, 0.25) is 0 Å². The first-order chi connectivity index (χ1) is 4.72. The summed E-state index contributed by atoms with van der Waals surface area (Å²) in [6.07, 6.45) is 3.71. The Hall–Kier alpha value is -0.0105. The molecule has 0 aliphatic heterocycles. The number of rotatable bonds is 5. The Morgan fingerprint density at radius 1 is 1.45 bits per heavy atom. The van der Waals surface area contributed by atoms with Gasteiger partial charge >= 0.3 is 5.97 Å². The molecule has 1 unspecified atom stereocenters. The molecule has 1 atom stereocenters. The second-order valence-corrected chi connectivity index (χ2v) is 2.59. The van der Waals surface area contributed by atoms with Crippen LogP contribution < -0.4 is 0 Å². The van der Waals surface area contributed by atoms with Crippen LogP contribution in [0.25, 0.3) is 0 Å². The molecule has 67 valence electrons. The zero-order chi connectivity index (χ0) is 7.98. The molecule has 3 heteroatoms. The Bertz CT molecular complexity index is 104. The first-order valence-electron chi connectivity index (χ1n) is 3.95. The number of carboxylic acids is 1. The van der Waals surface area contributed by atoms with Crippen molar-refractivity contribution in [3.8, 4) is 0 Å². The van der Waals surface area contributed by atoms with Gasteiger partial charge in [-0.1, -0.05) is 26.7 Å². The van der Waals surface area contributed by atoms with Crippen LogP contribution in [0.1, 0.15) is 39.5 Å². The van der Waals surface area contributed by atoms with E-state index in [0.29, 0.717) is 0 Å². The van der Waals surface area contributed by atoms with E-state index in [1.807, 2.05) is 6.92 Å². The average Bonchev–Trinajstić information content (AvgIpc) is 1.89. The molecule has 0 rings (SSSR count). The van der Waals surface area contributed by atoms with Gasteiger partial charge < -0.3 is 5.11 Å². The molecule has 0 aromatic heterocycles. The summed E-state index contributed by atoms with van der Waals surface area (Å²) < 4.78 is 0. The smallest absolute Gasteiger partial charge is 0.306 e. The zero-order valence-electron chi connectivity index (χ0n) is 7.14. The summed E-state index contributed by atoms with van der Waals surface area (Å²) in [5.74, 6) is -0.754. The second kappa shape index (κ2) is 8.09. The fourth-order valence-corrected chi connectivity index (χ4v) is 0.953. The van der Waals surface area contributed by atoms with Gasteiger partial charge in [-0.2, -0.15) is 0 Å². The van der Waals surface area contributed by atoms with E-state index in [9.17, 15) is 4.79 Å². The molecule has 0 fully saturated rings. The molecule has 0 aliphatic carbocycles. The van der Waals surface area contributed by atoms with Crippen LogP contribution in [-0.4, -0.2) is 11.1 Å². The molecule has 1 N–H and O–H groups in total. The molecule has 0 spiro atoms. The van der Waals surface area contributed by atoms with E-state index in [1.54, 1.807) is 0 Å². The maximum absolute atomic E-state index is 10.4. The van der Waals surface area contributed by atoms with E-state index in [4.69, 9.17) is 5.11 Å². The second-order valence-electron chi connectivity index (χ2n) is 2.59. The van der Waals surface area contributed by atoms with Crippen molar-refractivity contribution in [2.24, 2.45) is 5.92 Å². The number of carboxylic acid groups (broad SMARTS) is 1. The summed E-state index contributed by atoms with van der Waals surface area (Å²) in [7, 11) is 0. The van der Waals surface area contributed by atoms with Crippen molar-refractivity contribution in [3.05, 3.63) is 0 Å². The summed E-state index contributed by atoms with van der Waals surface area (Å²) in [6.45, 7) is 4.00. The molecule has 0 saturated carbocycles. The molecule has 0 amide bonds. The minimum atomic E-state index is -0.643. The quantitative estimate of drug-likeness (QED) is 0.689. The predicted molar refractivity (Wildman–Crippen MR) is 40.9 cm³/mol. The molecule has 0 bridgehead atoms. The van der Waals surface area contributed by atoms with Gasteiger partial charge in [-0.15, -0.1) is 0 Å². The predicted octanol–water partition coefficient (Wildman–Crippen LogP) is 2.28. The third kappa shape index (κ3) is 6.39. The van der Waals surface area contributed by atoms with Crippen molar-refractivity contribution < 1.29 is 27.0 Å². The minimum absolute atomic E-state index is 0. The molecule has 0 heterocycles. The van der Waals surface area contributed by atoms with E-state index in [1.165, 1.54) is 0 Å². The topological polar surface area (TPSA) is 37.3 Å². The van der Waals surface area contributed by atoms with Crippen molar-refractivity contribution in [2.45, 2.75) is 39.5 Å². The number of hydrogen-bond acceptors (Lipinski definition) is 1. The van der Waals surface area contributed by atoms with Gasteiger partial charge in [-0.3, -0.25) is 4.79 Å². The van der Waals surface area contributed by atoms with Gasteiger partial charge in [-0.25, -0.2) is 0 Å². The van der Waals surface area contributed by atoms with Crippen LogP contribution in [0.3, 0.4) is 0 Å². The molecule has 1 radical (unpaired) electrons. The molecule has 11 heavy (non-hydrogen) atoms. The molecule has 0 aromatic carbocycles. The first-order valence-corrected chi connectivity index (χ1v) is 3.95. The molecule has 0 aromatic rings. The number of unbranched alkanes of at least 4 members (excludes halogenated alkanes) is 1. The monoisotopic (exact) mass is 199 g/mol. The van der Waals surface area contributed by atoms with Gasteiger partial charge in [0.25, 0.3) is 0 Å². The van der Waals surface area contributed by atoms with Gasteiger partial charge in [0.1, 0.15) is 0 Å². The van der Waals surface area contributed by atoms with E-state index in [-0.39, 0.29) is 23.0 Å². The Balaban J connectivity index is 0. The van der Waals surface area contributed by atoms with E-state index in [0.717, 1.165) is 25.7 Å². The summed E-state index contributed by atoms with van der Waals surface area (Å²) in [5.41, 5.74) is 0. The number of aliphatic carboxylic acids is 1. The van der Waals surface area contributed by atoms with Crippen LogP contribution in [0, 0.1) is 5.92 Å². The molecule has 2 nitrogen and oxygen atoms in total. The van der Waals surface area contributed by atoms with Gasteiger partial charge in [-0.05, 0) is 12.8 Å². The standard InChI is InChI=1S/C8H16O2.Mn/c1-3-5-6-7(4-2)8(9)10;/h7H,3-6H2,1-2H3,(H,9,10);. The molecule has 0 saturated heterocycles. The Labute approximate surface area is 78.8 Å². The summed E-state index contributed by atoms with van der Waals surface area (Å²) in [5, 5.41) is 8.60. The summed E-state index contributed by atoms with van der Waals surface area (Å²) >= 11 is 0. The Morgan fingerprint density at radius 3 is 2.27 bits per heavy atom. The Morgan fingerprint density at radius 2 is 2.00 bits per heavy atom. The van der Waals surface area contributed by atoms with Gasteiger partial charge in [0, 0.05) is 17.1 Å². The Kier molecular flexibility index (Phi) is 9.98. The summed E-state index contributed by atoms with van der Waals surface area (Å²) in [6, 6.07) is 0. The van der Waals surface area contributed by atoms with Crippen LogP contribution in [0.5, 0.6) is 0 Å².